The Balaban J connectivity index is 0.00000144. The van der Waals surface area contributed by atoms with Gasteiger partial charge in [0, 0.05) is 7.11 Å². The molecular formula is C7H14ClN3O2. The number of hydrogen-bond acceptors (Lipinski definition) is 5. The van der Waals surface area contributed by atoms with Gasteiger partial charge in [-0.25, -0.2) is 0 Å². The van der Waals surface area contributed by atoms with Crippen LogP contribution < -0.4 is 5.32 Å². The molecule has 0 amide bonds. The van der Waals surface area contributed by atoms with Crippen LogP contribution in [-0.2, 0) is 17.9 Å². The van der Waals surface area contributed by atoms with Crippen molar-refractivity contribution in [2.24, 2.45) is 0 Å². The largest absolute Gasteiger partial charge is 0.377 e. The zero-order valence-corrected chi connectivity index (χ0v) is 8.56. The van der Waals surface area contributed by atoms with E-state index in [9.17, 15) is 0 Å². The van der Waals surface area contributed by atoms with Crippen LogP contribution in [-0.4, -0.2) is 23.8 Å². The number of methoxy groups -OCH3 is 1. The van der Waals surface area contributed by atoms with Gasteiger partial charge in [-0.1, -0.05) is 12.1 Å². The van der Waals surface area contributed by atoms with E-state index in [0.29, 0.717) is 24.9 Å². The maximum absolute atomic E-state index is 4.92. The molecular weight excluding hydrogens is 194 g/mol. The summed E-state index contributed by atoms with van der Waals surface area (Å²) >= 11 is 0. The van der Waals surface area contributed by atoms with E-state index in [2.05, 4.69) is 15.5 Å². The number of ether oxygens (including phenoxy) is 1. The highest BCUT2D eigenvalue weighted by Crippen LogP contribution is 1.97. The summed E-state index contributed by atoms with van der Waals surface area (Å²) in [6.07, 6.45) is 0. The molecule has 0 radical (unpaired) electrons. The van der Waals surface area contributed by atoms with Crippen molar-refractivity contribution in [2.75, 3.05) is 13.7 Å². The van der Waals surface area contributed by atoms with Gasteiger partial charge in [0.25, 0.3) is 0 Å². The van der Waals surface area contributed by atoms with Gasteiger partial charge in [0.2, 0.25) is 5.89 Å². The molecule has 76 valence electrons. The molecule has 0 spiro atoms. The summed E-state index contributed by atoms with van der Waals surface area (Å²) in [5.74, 6) is 1.19. The van der Waals surface area contributed by atoms with E-state index in [1.54, 1.807) is 7.11 Å². The van der Waals surface area contributed by atoms with Gasteiger partial charge in [-0.2, -0.15) is 4.98 Å². The van der Waals surface area contributed by atoms with Crippen LogP contribution in [0.3, 0.4) is 0 Å². The van der Waals surface area contributed by atoms with Gasteiger partial charge < -0.3 is 14.6 Å². The number of nitrogens with zero attached hydrogens (tertiary/aromatic N) is 2. The highest BCUT2D eigenvalue weighted by molar-refractivity contribution is 5.85. The monoisotopic (exact) mass is 207 g/mol. The van der Waals surface area contributed by atoms with E-state index in [0.717, 1.165) is 6.54 Å². The zero-order chi connectivity index (χ0) is 8.81. The second kappa shape index (κ2) is 6.82. The summed E-state index contributed by atoms with van der Waals surface area (Å²) in [5, 5.41) is 6.79. The minimum Gasteiger partial charge on any atom is -0.377 e. The Bertz CT molecular complexity index is 229. The van der Waals surface area contributed by atoms with Crippen molar-refractivity contribution in [3.05, 3.63) is 11.7 Å². The van der Waals surface area contributed by atoms with Crippen molar-refractivity contribution >= 4 is 12.4 Å². The molecule has 0 aromatic carbocycles. The number of aromatic nitrogens is 2. The van der Waals surface area contributed by atoms with Crippen LogP contribution in [0.1, 0.15) is 18.6 Å². The first kappa shape index (κ1) is 12.3. The van der Waals surface area contributed by atoms with Crippen LogP contribution in [0.5, 0.6) is 0 Å². The SMILES string of the molecule is CCNCc1nc(COC)no1.Cl. The Morgan fingerprint density at radius 1 is 1.54 bits per heavy atom. The van der Waals surface area contributed by atoms with Crippen LogP contribution in [0.15, 0.2) is 4.52 Å². The number of nitrogens with one attached hydrogen (secondary N) is 1. The van der Waals surface area contributed by atoms with Crippen molar-refractivity contribution in [3.63, 3.8) is 0 Å². The molecule has 1 N–H and O–H groups in total. The lowest BCUT2D eigenvalue weighted by molar-refractivity contribution is 0.174. The lowest BCUT2D eigenvalue weighted by atomic mass is 10.6. The molecule has 5 nitrogen and oxygen atoms in total. The predicted octanol–water partition coefficient (Wildman–Crippen LogP) is 0.747. The highest BCUT2D eigenvalue weighted by Gasteiger charge is 2.03. The van der Waals surface area contributed by atoms with Crippen LogP contribution in [0.2, 0.25) is 0 Å². The van der Waals surface area contributed by atoms with Crippen molar-refractivity contribution in [2.45, 2.75) is 20.1 Å². The lowest BCUT2D eigenvalue weighted by Gasteiger charge is -1.92. The average molecular weight is 208 g/mol. The fourth-order valence-corrected chi connectivity index (χ4v) is 0.782. The van der Waals surface area contributed by atoms with E-state index in [1.165, 1.54) is 0 Å². The van der Waals surface area contributed by atoms with Crippen molar-refractivity contribution in [1.29, 1.82) is 0 Å². The number of hydrogen-bond donors (Lipinski definition) is 1. The Labute approximate surface area is 83.3 Å². The standard InChI is InChI=1S/C7H13N3O2.ClH/c1-3-8-4-7-9-6(5-11-2)10-12-7;/h8H,3-5H2,1-2H3;1H. The molecule has 0 aliphatic carbocycles. The molecule has 0 saturated carbocycles. The van der Waals surface area contributed by atoms with E-state index >= 15 is 0 Å². The summed E-state index contributed by atoms with van der Waals surface area (Å²) in [4.78, 5) is 4.07. The Hall–Kier alpha value is -0.650. The summed E-state index contributed by atoms with van der Waals surface area (Å²) in [6.45, 7) is 3.93. The van der Waals surface area contributed by atoms with Gasteiger partial charge in [-0.15, -0.1) is 12.4 Å². The third kappa shape index (κ3) is 4.21. The maximum Gasteiger partial charge on any atom is 0.240 e. The lowest BCUT2D eigenvalue weighted by Crippen LogP contribution is -2.11. The molecule has 13 heavy (non-hydrogen) atoms. The number of rotatable bonds is 5. The van der Waals surface area contributed by atoms with E-state index in [4.69, 9.17) is 9.26 Å². The normalized spacial score (nSPS) is 9.69. The summed E-state index contributed by atoms with van der Waals surface area (Å²) in [7, 11) is 1.60. The van der Waals surface area contributed by atoms with Gasteiger partial charge in [0.15, 0.2) is 5.82 Å². The quantitative estimate of drug-likeness (QED) is 0.772. The number of halogens is 1. The molecule has 0 saturated heterocycles. The summed E-state index contributed by atoms with van der Waals surface area (Å²) in [5.41, 5.74) is 0. The van der Waals surface area contributed by atoms with Crippen LogP contribution in [0.25, 0.3) is 0 Å². The fraction of sp³-hybridized carbons (Fsp3) is 0.714. The minimum atomic E-state index is 0. The van der Waals surface area contributed by atoms with Gasteiger partial charge in [0.05, 0.1) is 6.54 Å². The van der Waals surface area contributed by atoms with Gasteiger partial charge in [-0.3, -0.25) is 0 Å². The van der Waals surface area contributed by atoms with Gasteiger partial charge in [-0.05, 0) is 6.54 Å². The van der Waals surface area contributed by atoms with Crippen molar-refractivity contribution in [3.8, 4) is 0 Å². The average Bonchev–Trinajstić information content (AvgIpc) is 2.50. The van der Waals surface area contributed by atoms with Gasteiger partial charge >= 0.3 is 0 Å². The van der Waals surface area contributed by atoms with Crippen molar-refractivity contribution in [1.82, 2.24) is 15.5 Å². The minimum absolute atomic E-state index is 0. The molecule has 0 aliphatic rings. The van der Waals surface area contributed by atoms with Crippen LogP contribution in [0, 0.1) is 0 Å². The molecule has 1 aromatic rings. The fourth-order valence-electron chi connectivity index (χ4n) is 0.782. The zero-order valence-electron chi connectivity index (χ0n) is 7.74. The molecule has 0 atom stereocenters. The molecule has 1 heterocycles. The molecule has 0 aliphatic heterocycles. The van der Waals surface area contributed by atoms with Gasteiger partial charge in [0.1, 0.15) is 6.61 Å². The van der Waals surface area contributed by atoms with Crippen molar-refractivity contribution < 1.29 is 9.26 Å². The first-order valence-corrected chi connectivity index (χ1v) is 3.88. The van der Waals surface area contributed by atoms with Crippen LogP contribution in [0.4, 0.5) is 0 Å². The predicted molar refractivity (Wildman–Crippen MR) is 49.6 cm³/mol. The Morgan fingerprint density at radius 3 is 2.92 bits per heavy atom. The highest BCUT2D eigenvalue weighted by atomic mass is 35.5. The summed E-state index contributed by atoms with van der Waals surface area (Å²) < 4.78 is 9.76. The molecule has 0 bridgehead atoms. The molecule has 0 fully saturated rings. The van der Waals surface area contributed by atoms with E-state index < -0.39 is 0 Å². The molecule has 0 unspecified atom stereocenters. The molecule has 1 rings (SSSR count). The van der Waals surface area contributed by atoms with E-state index in [-0.39, 0.29) is 12.4 Å². The first-order valence-electron chi connectivity index (χ1n) is 3.88. The topological polar surface area (TPSA) is 60.2 Å². The third-order valence-corrected chi connectivity index (χ3v) is 1.31. The second-order valence-electron chi connectivity index (χ2n) is 2.32. The summed E-state index contributed by atoms with van der Waals surface area (Å²) in [6, 6.07) is 0. The maximum atomic E-state index is 4.92. The Morgan fingerprint density at radius 2 is 2.31 bits per heavy atom. The second-order valence-corrected chi connectivity index (χ2v) is 2.32. The molecule has 1 aromatic heterocycles. The smallest absolute Gasteiger partial charge is 0.240 e. The van der Waals surface area contributed by atoms with Crippen LogP contribution >= 0.6 is 12.4 Å². The Kier molecular flexibility index (Phi) is 6.48. The first-order chi connectivity index (χ1) is 5.86. The van der Waals surface area contributed by atoms with E-state index in [1.807, 2.05) is 6.92 Å². The third-order valence-electron chi connectivity index (χ3n) is 1.31. The molecule has 6 heteroatoms.